The minimum Gasteiger partial charge on any atom is -0.365 e. The zero-order valence-electron chi connectivity index (χ0n) is 16.5. The van der Waals surface area contributed by atoms with Gasteiger partial charge < -0.3 is 9.88 Å². The van der Waals surface area contributed by atoms with Crippen LogP contribution in [0.2, 0.25) is 0 Å². The van der Waals surface area contributed by atoms with Crippen molar-refractivity contribution in [3.63, 3.8) is 0 Å². The minimum atomic E-state index is 0.897. The van der Waals surface area contributed by atoms with Gasteiger partial charge >= 0.3 is 0 Å². The third-order valence-corrected chi connectivity index (χ3v) is 6.04. The van der Waals surface area contributed by atoms with E-state index in [9.17, 15) is 0 Å². The lowest BCUT2D eigenvalue weighted by Gasteiger charge is -2.32. The van der Waals surface area contributed by atoms with Gasteiger partial charge in [0.2, 0.25) is 0 Å². The largest absolute Gasteiger partial charge is 0.365 e. The summed E-state index contributed by atoms with van der Waals surface area (Å²) in [6, 6.07) is 19.5. The fourth-order valence-electron chi connectivity index (χ4n) is 4.40. The average molecular weight is 367 g/mol. The first kappa shape index (κ1) is 17.1. The van der Waals surface area contributed by atoms with E-state index in [-0.39, 0.29) is 0 Å². The zero-order valence-corrected chi connectivity index (χ0v) is 16.5. The van der Waals surface area contributed by atoms with Crippen LogP contribution in [0, 0.1) is 13.8 Å². The summed E-state index contributed by atoms with van der Waals surface area (Å²) in [4.78, 5) is 11.0. The van der Waals surface area contributed by atoms with E-state index in [0.29, 0.717) is 0 Å². The van der Waals surface area contributed by atoms with Crippen molar-refractivity contribution in [1.29, 1.82) is 0 Å². The molecule has 5 rings (SSSR count). The highest BCUT2D eigenvalue weighted by atomic mass is 15.1. The second-order valence-corrected chi connectivity index (χ2v) is 7.83. The van der Waals surface area contributed by atoms with Gasteiger partial charge in [0.15, 0.2) is 0 Å². The van der Waals surface area contributed by atoms with Crippen LogP contribution in [-0.2, 0) is 19.4 Å². The SMILES string of the molecule is Cc1[nH]c2c(N3CCc4ccccc4C3)c(Cc3ccccc3)cnc2c1C. The van der Waals surface area contributed by atoms with Crippen LogP contribution in [-0.4, -0.2) is 16.5 Å². The van der Waals surface area contributed by atoms with Crippen LogP contribution in [0.5, 0.6) is 0 Å². The van der Waals surface area contributed by atoms with Crippen molar-refractivity contribution in [2.24, 2.45) is 0 Å². The van der Waals surface area contributed by atoms with Crippen LogP contribution >= 0.6 is 0 Å². The van der Waals surface area contributed by atoms with Crippen molar-refractivity contribution < 1.29 is 0 Å². The Morgan fingerprint density at radius 2 is 1.71 bits per heavy atom. The lowest BCUT2D eigenvalue weighted by Crippen LogP contribution is -2.31. The summed E-state index contributed by atoms with van der Waals surface area (Å²) in [7, 11) is 0. The van der Waals surface area contributed by atoms with Crippen LogP contribution in [0.25, 0.3) is 11.0 Å². The summed E-state index contributed by atoms with van der Waals surface area (Å²) >= 11 is 0. The number of aryl methyl sites for hydroxylation is 2. The molecule has 1 aliphatic heterocycles. The molecule has 3 nitrogen and oxygen atoms in total. The highest BCUT2D eigenvalue weighted by molar-refractivity contribution is 5.93. The Bertz CT molecular complexity index is 1140. The summed E-state index contributed by atoms with van der Waals surface area (Å²) in [6.45, 7) is 6.29. The van der Waals surface area contributed by atoms with E-state index in [2.05, 4.69) is 84.5 Å². The number of anilines is 1. The second kappa shape index (κ2) is 6.83. The number of nitrogens with one attached hydrogen (secondary N) is 1. The maximum Gasteiger partial charge on any atom is 0.0932 e. The van der Waals surface area contributed by atoms with Crippen molar-refractivity contribution in [2.75, 3.05) is 11.4 Å². The third kappa shape index (κ3) is 2.88. The molecular weight excluding hydrogens is 342 g/mol. The monoisotopic (exact) mass is 367 g/mol. The van der Waals surface area contributed by atoms with E-state index in [0.717, 1.165) is 31.4 Å². The molecule has 0 saturated heterocycles. The summed E-state index contributed by atoms with van der Waals surface area (Å²) in [5.41, 5.74) is 11.6. The first-order chi connectivity index (χ1) is 13.7. The average Bonchev–Trinajstić information content (AvgIpc) is 3.02. The van der Waals surface area contributed by atoms with Crippen LogP contribution in [0.15, 0.2) is 60.8 Å². The van der Waals surface area contributed by atoms with E-state index >= 15 is 0 Å². The molecule has 0 spiro atoms. The number of hydrogen-bond donors (Lipinski definition) is 1. The number of H-pyrrole nitrogens is 1. The van der Waals surface area contributed by atoms with Crippen molar-refractivity contribution >= 4 is 16.7 Å². The minimum absolute atomic E-state index is 0.897. The number of rotatable bonds is 3. The Morgan fingerprint density at radius 3 is 2.54 bits per heavy atom. The van der Waals surface area contributed by atoms with Gasteiger partial charge in [0, 0.05) is 37.0 Å². The molecule has 4 aromatic rings. The number of hydrogen-bond acceptors (Lipinski definition) is 2. The van der Waals surface area contributed by atoms with Gasteiger partial charge in [-0.1, -0.05) is 54.6 Å². The number of nitrogens with zero attached hydrogens (tertiary/aromatic N) is 2. The fourth-order valence-corrected chi connectivity index (χ4v) is 4.40. The number of fused-ring (bicyclic) bond motifs is 2. The van der Waals surface area contributed by atoms with Gasteiger partial charge in [0.25, 0.3) is 0 Å². The lowest BCUT2D eigenvalue weighted by atomic mass is 9.97. The molecule has 0 aliphatic carbocycles. The van der Waals surface area contributed by atoms with E-state index in [4.69, 9.17) is 4.98 Å². The van der Waals surface area contributed by atoms with Gasteiger partial charge in [-0.15, -0.1) is 0 Å². The summed E-state index contributed by atoms with van der Waals surface area (Å²) < 4.78 is 0. The molecule has 0 unspecified atom stereocenters. The molecule has 0 radical (unpaired) electrons. The predicted octanol–water partition coefficient (Wildman–Crippen LogP) is 5.33. The van der Waals surface area contributed by atoms with Gasteiger partial charge in [0.1, 0.15) is 0 Å². The maximum absolute atomic E-state index is 4.84. The summed E-state index contributed by atoms with van der Waals surface area (Å²) in [5, 5.41) is 0. The van der Waals surface area contributed by atoms with Crippen molar-refractivity contribution in [2.45, 2.75) is 33.2 Å². The molecule has 28 heavy (non-hydrogen) atoms. The molecule has 0 fully saturated rings. The molecule has 3 heteroatoms. The molecule has 3 heterocycles. The number of benzene rings is 2. The molecule has 0 atom stereocenters. The first-order valence-electron chi connectivity index (χ1n) is 10.0. The Balaban J connectivity index is 1.64. The number of pyridine rings is 1. The number of aromatic nitrogens is 2. The fraction of sp³-hybridized carbons (Fsp3) is 0.240. The normalized spacial score (nSPS) is 13.7. The quantitative estimate of drug-likeness (QED) is 0.530. The molecule has 0 bridgehead atoms. The van der Waals surface area contributed by atoms with Crippen LogP contribution in [0.4, 0.5) is 5.69 Å². The Hall–Kier alpha value is -3.07. The van der Waals surface area contributed by atoms with Crippen LogP contribution in [0.3, 0.4) is 0 Å². The Kier molecular flexibility index (Phi) is 4.16. The molecule has 1 aliphatic rings. The molecule has 2 aromatic carbocycles. The topological polar surface area (TPSA) is 31.9 Å². The zero-order chi connectivity index (χ0) is 19.1. The van der Waals surface area contributed by atoms with Crippen molar-refractivity contribution in [3.8, 4) is 0 Å². The standard InChI is InChI=1S/C25H25N3/c1-17-18(2)27-24-23(17)26-15-22(14-19-8-4-3-5-9-19)25(24)28-13-12-20-10-6-7-11-21(20)16-28/h3-11,15,27H,12-14,16H2,1-2H3. The van der Waals surface area contributed by atoms with Gasteiger partial charge in [-0.2, -0.15) is 0 Å². The molecule has 2 aromatic heterocycles. The maximum atomic E-state index is 4.84. The van der Waals surface area contributed by atoms with E-state index < -0.39 is 0 Å². The van der Waals surface area contributed by atoms with E-state index in [1.165, 1.54) is 44.7 Å². The van der Waals surface area contributed by atoms with Gasteiger partial charge in [-0.05, 0) is 42.5 Å². The Labute approximate surface area is 166 Å². The Morgan fingerprint density at radius 1 is 0.964 bits per heavy atom. The lowest BCUT2D eigenvalue weighted by molar-refractivity contribution is 0.729. The van der Waals surface area contributed by atoms with Gasteiger partial charge in [-0.3, -0.25) is 4.98 Å². The van der Waals surface area contributed by atoms with Gasteiger partial charge in [-0.25, -0.2) is 0 Å². The van der Waals surface area contributed by atoms with E-state index in [1.54, 1.807) is 0 Å². The molecule has 140 valence electrons. The summed E-state index contributed by atoms with van der Waals surface area (Å²) in [6.07, 6.45) is 4.07. The molecule has 1 N–H and O–H groups in total. The van der Waals surface area contributed by atoms with Crippen molar-refractivity contribution in [3.05, 3.63) is 94.3 Å². The molecule has 0 amide bonds. The first-order valence-corrected chi connectivity index (χ1v) is 10.0. The second-order valence-electron chi connectivity index (χ2n) is 7.83. The number of aromatic amines is 1. The smallest absolute Gasteiger partial charge is 0.0932 e. The third-order valence-electron chi connectivity index (χ3n) is 6.04. The molecular formula is C25H25N3. The molecule has 0 saturated carbocycles. The highest BCUT2D eigenvalue weighted by Crippen LogP contribution is 2.35. The predicted molar refractivity (Wildman–Crippen MR) is 116 cm³/mol. The van der Waals surface area contributed by atoms with Crippen LogP contribution in [0.1, 0.15) is 33.5 Å². The van der Waals surface area contributed by atoms with Gasteiger partial charge in [0.05, 0.1) is 16.7 Å². The highest BCUT2D eigenvalue weighted by Gasteiger charge is 2.23. The summed E-state index contributed by atoms with van der Waals surface area (Å²) in [5.74, 6) is 0. The van der Waals surface area contributed by atoms with Crippen LogP contribution < -0.4 is 4.90 Å². The van der Waals surface area contributed by atoms with Crippen molar-refractivity contribution in [1.82, 2.24) is 9.97 Å². The van der Waals surface area contributed by atoms with E-state index in [1.807, 2.05) is 0 Å².